The van der Waals surface area contributed by atoms with Gasteiger partial charge in [-0.05, 0) is 126 Å². The van der Waals surface area contributed by atoms with E-state index in [-0.39, 0.29) is 0 Å². The number of rotatable bonds is 4. The van der Waals surface area contributed by atoms with Crippen molar-refractivity contribution in [3.8, 4) is 0 Å². The Morgan fingerprint density at radius 3 is 2.58 bits per heavy atom. The van der Waals surface area contributed by atoms with Crippen molar-refractivity contribution in [1.82, 2.24) is 0 Å². The zero-order chi connectivity index (χ0) is 20.7. The lowest BCUT2D eigenvalue weighted by Crippen LogP contribution is -2.41. The minimum absolute atomic E-state index is 0.663. The zero-order valence-electron chi connectivity index (χ0n) is 18.4. The number of hydrogen-bond donors (Lipinski definition) is 0. The fraction of sp³-hybridized carbons (Fsp3) is 0.607. The fourth-order valence-corrected chi connectivity index (χ4v) is 11.4. The summed E-state index contributed by atoms with van der Waals surface area (Å²) in [6, 6.07) is 8.82. The Kier molecular flexibility index (Phi) is 4.58. The molecule has 0 N–H and O–H groups in total. The van der Waals surface area contributed by atoms with Gasteiger partial charge in [0.15, 0.2) is 0 Å². The minimum Gasteiger partial charge on any atom is -0.143 e. The summed E-state index contributed by atoms with van der Waals surface area (Å²) in [5, 5.41) is 3.73. The first kappa shape index (κ1) is 19.8. The van der Waals surface area contributed by atoms with Crippen LogP contribution in [0, 0.1) is 46.8 Å². The molecule has 3 heteroatoms. The Bertz CT molecular complexity index is 1050. The molecule has 1 aromatic heterocycles. The Balaban J connectivity index is 1.11. The summed E-state index contributed by atoms with van der Waals surface area (Å²) in [5.41, 5.74) is 2.24. The van der Waals surface area contributed by atoms with E-state index in [2.05, 4.69) is 42.6 Å². The van der Waals surface area contributed by atoms with Gasteiger partial charge in [-0.2, -0.15) is 0 Å². The Hall–Kier alpha value is -0.640. The van der Waals surface area contributed by atoms with Crippen LogP contribution in [0.2, 0.25) is 0 Å². The van der Waals surface area contributed by atoms with E-state index in [1.807, 2.05) is 23.1 Å². The summed E-state index contributed by atoms with van der Waals surface area (Å²) in [6.07, 6.45) is 14.3. The van der Waals surface area contributed by atoms with Crippen LogP contribution in [-0.2, 0) is 0 Å². The maximum Gasteiger partial charge on any atom is 0.0555 e. The average Bonchev–Trinajstić information content (AvgIpc) is 3.36. The summed E-state index contributed by atoms with van der Waals surface area (Å²) in [5.74, 6) is 6.64. The van der Waals surface area contributed by atoms with Crippen molar-refractivity contribution in [3.63, 3.8) is 0 Å². The van der Waals surface area contributed by atoms with E-state index in [0.717, 1.165) is 35.0 Å². The first-order valence-corrected chi connectivity index (χ1v) is 14.6. The summed E-state index contributed by atoms with van der Waals surface area (Å²) in [6.45, 7) is 2.38. The van der Waals surface area contributed by atoms with Crippen LogP contribution in [0.5, 0.6) is 0 Å². The van der Waals surface area contributed by atoms with Crippen LogP contribution in [0.15, 0.2) is 34.6 Å². The quantitative estimate of drug-likeness (QED) is 0.415. The highest BCUT2D eigenvalue weighted by Crippen LogP contribution is 2.77. The first-order chi connectivity index (χ1) is 15.1. The fourth-order valence-electron chi connectivity index (χ4n) is 8.83. The maximum atomic E-state index is 6.09. The molecule has 2 aromatic rings. The molecule has 2 heterocycles. The van der Waals surface area contributed by atoms with Crippen molar-refractivity contribution >= 4 is 55.7 Å². The molecule has 5 aliphatic rings. The molecular weight excluding hydrogens is 433 g/mol. The molecule has 5 fully saturated rings. The van der Waals surface area contributed by atoms with Gasteiger partial charge in [0.25, 0.3) is 0 Å². The Labute approximate surface area is 200 Å². The second-order valence-electron chi connectivity index (χ2n) is 11.4. The number of allylic oxidation sites excluding steroid dienone is 1. The van der Waals surface area contributed by atoms with Crippen LogP contribution in [0.3, 0.4) is 0 Å². The largest absolute Gasteiger partial charge is 0.143 e. The number of thiocarbonyl (C=S) groups is 1. The molecule has 4 aliphatic carbocycles. The van der Waals surface area contributed by atoms with Crippen LogP contribution in [0.4, 0.5) is 0 Å². The van der Waals surface area contributed by atoms with E-state index in [9.17, 15) is 0 Å². The molecule has 1 aliphatic heterocycles. The lowest BCUT2D eigenvalue weighted by molar-refractivity contribution is -0.00215. The summed E-state index contributed by atoms with van der Waals surface area (Å²) in [4.78, 5) is 1.53. The molecule has 31 heavy (non-hydrogen) atoms. The second-order valence-corrected chi connectivity index (χ2v) is 14.1. The zero-order valence-corrected chi connectivity index (χ0v) is 20.8. The summed E-state index contributed by atoms with van der Waals surface area (Å²) in [7, 11) is 0. The van der Waals surface area contributed by atoms with Crippen molar-refractivity contribution in [2.45, 2.75) is 58.3 Å². The van der Waals surface area contributed by atoms with Gasteiger partial charge < -0.3 is 0 Å². The Morgan fingerprint density at radius 1 is 1.03 bits per heavy atom. The van der Waals surface area contributed by atoms with Crippen LogP contribution >= 0.6 is 35.3 Å². The first-order valence-electron chi connectivity index (χ1n) is 12.5. The van der Waals surface area contributed by atoms with Crippen molar-refractivity contribution in [3.05, 3.63) is 40.1 Å². The molecule has 162 valence electrons. The molecule has 4 saturated carbocycles. The third-order valence-electron chi connectivity index (χ3n) is 10.2. The highest BCUT2D eigenvalue weighted by atomic mass is 32.2. The topological polar surface area (TPSA) is 0 Å². The third kappa shape index (κ3) is 2.88. The van der Waals surface area contributed by atoms with Crippen LogP contribution < -0.4 is 0 Å². The molecule has 6 unspecified atom stereocenters. The average molecular weight is 465 g/mol. The predicted molar refractivity (Wildman–Crippen MR) is 139 cm³/mol. The number of hydrogen-bond acceptors (Lipinski definition) is 3. The molecule has 1 spiro atoms. The van der Waals surface area contributed by atoms with Crippen molar-refractivity contribution in [2.75, 3.05) is 0 Å². The second kappa shape index (κ2) is 7.18. The van der Waals surface area contributed by atoms with E-state index in [4.69, 9.17) is 12.2 Å². The normalized spacial score (nSPS) is 44.2. The van der Waals surface area contributed by atoms with Gasteiger partial charge in [-0.25, -0.2) is 0 Å². The van der Waals surface area contributed by atoms with Gasteiger partial charge in [0.2, 0.25) is 0 Å². The number of benzene rings is 1. The van der Waals surface area contributed by atoms with Gasteiger partial charge >= 0.3 is 0 Å². The van der Waals surface area contributed by atoms with E-state index < -0.39 is 0 Å². The molecule has 0 amide bonds. The van der Waals surface area contributed by atoms with Gasteiger partial charge in [-0.15, -0.1) is 11.3 Å². The Morgan fingerprint density at radius 2 is 1.81 bits per heavy atom. The molecule has 0 radical (unpaired) electrons. The summed E-state index contributed by atoms with van der Waals surface area (Å²) >= 11 is 9.92. The molecule has 7 rings (SSSR count). The number of thiophene rings is 1. The van der Waals surface area contributed by atoms with Crippen LogP contribution in [0.25, 0.3) is 16.2 Å². The summed E-state index contributed by atoms with van der Waals surface area (Å²) < 4.78 is 2.69. The monoisotopic (exact) mass is 464 g/mol. The van der Waals surface area contributed by atoms with E-state index in [1.165, 1.54) is 44.0 Å². The van der Waals surface area contributed by atoms with Crippen LogP contribution in [-0.4, -0.2) is 4.20 Å². The van der Waals surface area contributed by atoms with Crippen LogP contribution in [0.1, 0.15) is 63.9 Å². The molecular formula is C28H32S3. The SMILES string of the molecule is CCC1CC(CC2C3CC4CC5CC2CC45C3)C(=S)SC1=Cc1csc2ccccc12. The lowest BCUT2D eigenvalue weighted by atomic mass is 9.55. The lowest BCUT2D eigenvalue weighted by Gasteiger charge is -2.49. The number of thioether (sulfide) groups is 1. The standard InChI is InChI=1S/C28H32S3/c1-2-16-7-17(10-24-18-8-21-12-22-9-19(24)14-28(21,22)13-18)27(29)31-26(16)11-20-15-30-25-6-4-3-5-23(20)25/h3-6,11,15-19,21-22,24H,2,7-10,12-14H2,1H3. The molecule has 1 saturated heterocycles. The van der Waals surface area contributed by atoms with E-state index >= 15 is 0 Å². The molecule has 6 atom stereocenters. The molecule has 0 nitrogen and oxygen atoms in total. The minimum atomic E-state index is 0.663. The van der Waals surface area contributed by atoms with Gasteiger partial charge in [0, 0.05) is 10.6 Å². The molecule has 1 aromatic carbocycles. The van der Waals surface area contributed by atoms with Crippen molar-refractivity contribution < 1.29 is 0 Å². The van der Waals surface area contributed by atoms with Gasteiger partial charge in [0.1, 0.15) is 0 Å². The van der Waals surface area contributed by atoms with E-state index in [0.29, 0.717) is 11.8 Å². The van der Waals surface area contributed by atoms with Crippen molar-refractivity contribution in [2.24, 2.45) is 46.8 Å². The molecule has 3 bridgehead atoms. The highest BCUT2D eigenvalue weighted by Gasteiger charge is 2.68. The van der Waals surface area contributed by atoms with Crippen molar-refractivity contribution in [1.29, 1.82) is 0 Å². The van der Waals surface area contributed by atoms with Gasteiger partial charge in [-0.1, -0.05) is 49.1 Å². The van der Waals surface area contributed by atoms with E-state index in [1.54, 1.807) is 32.1 Å². The third-order valence-corrected chi connectivity index (χ3v) is 13.0. The van der Waals surface area contributed by atoms with Gasteiger partial charge in [-0.3, -0.25) is 0 Å². The predicted octanol–water partition coefficient (Wildman–Crippen LogP) is 8.81. The number of fused-ring (bicyclic) bond motifs is 3. The maximum absolute atomic E-state index is 6.09. The highest BCUT2D eigenvalue weighted by molar-refractivity contribution is 8.25. The van der Waals surface area contributed by atoms with Gasteiger partial charge in [0.05, 0.1) is 4.20 Å². The smallest absolute Gasteiger partial charge is 0.0555 e.